The van der Waals surface area contributed by atoms with Gasteiger partial charge >= 0.3 is 23.9 Å². The number of benzene rings is 4. The average molecular weight is 737 g/mol. The molecule has 0 aliphatic carbocycles. The quantitative estimate of drug-likeness (QED) is 0.0463. The second-order valence-corrected chi connectivity index (χ2v) is 11.6. The van der Waals surface area contributed by atoms with Gasteiger partial charge in [0.2, 0.25) is 0 Å². The predicted molar refractivity (Wildman–Crippen MR) is 197 cm³/mol. The van der Waals surface area contributed by atoms with Crippen molar-refractivity contribution in [1.82, 2.24) is 0 Å². The Labute approximate surface area is 312 Å². The third kappa shape index (κ3) is 11.6. The maximum Gasteiger partial charge on any atom is 0.340 e. The molecule has 0 N–H and O–H groups in total. The molecule has 4 aromatic carbocycles. The minimum atomic E-state index is -1.27. The summed E-state index contributed by atoms with van der Waals surface area (Å²) in [6.07, 6.45) is 0.798. The van der Waals surface area contributed by atoms with Crippen LogP contribution in [-0.2, 0) is 38.0 Å². The van der Waals surface area contributed by atoms with Gasteiger partial charge in [0.15, 0.2) is 0 Å². The summed E-state index contributed by atoms with van der Waals surface area (Å²) >= 11 is 0. The summed E-state index contributed by atoms with van der Waals surface area (Å²) in [6, 6.07) is 28.6. The summed E-state index contributed by atoms with van der Waals surface area (Å²) in [4.78, 5) is 48.3. The van der Waals surface area contributed by atoms with E-state index in [0.29, 0.717) is 37.6 Å². The summed E-state index contributed by atoms with van der Waals surface area (Å²) in [5.41, 5.74) is 4.11. The van der Waals surface area contributed by atoms with E-state index in [2.05, 4.69) is 13.2 Å². The minimum absolute atomic E-state index is 0.150. The van der Waals surface area contributed by atoms with Crippen LogP contribution >= 0.6 is 0 Å². The van der Waals surface area contributed by atoms with Crippen LogP contribution in [0.25, 0.3) is 22.3 Å². The van der Waals surface area contributed by atoms with E-state index in [4.69, 9.17) is 37.9 Å². The van der Waals surface area contributed by atoms with Gasteiger partial charge < -0.3 is 37.9 Å². The van der Waals surface area contributed by atoms with Crippen LogP contribution < -0.4 is 9.47 Å². The Balaban J connectivity index is 1.08. The van der Waals surface area contributed by atoms with Gasteiger partial charge in [0.05, 0.1) is 50.8 Å². The van der Waals surface area contributed by atoms with Crippen molar-refractivity contribution in [1.29, 1.82) is 0 Å². The van der Waals surface area contributed by atoms with E-state index in [9.17, 15) is 19.2 Å². The Morgan fingerprint density at radius 1 is 0.519 bits per heavy atom. The average Bonchev–Trinajstić information content (AvgIpc) is 3.21. The fourth-order valence-corrected chi connectivity index (χ4v) is 5.06. The highest BCUT2D eigenvalue weighted by Crippen LogP contribution is 2.26. The van der Waals surface area contributed by atoms with E-state index < -0.39 is 36.5 Å². The van der Waals surface area contributed by atoms with E-state index in [0.717, 1.165) is 34.4 Å². The molecule has 1 saturated heterocycles. The molecule has 5 rings (SSSR count). The molecule has 12 nitrogen and oxygen atoms in total. The van der Waals surface area contributed by atoms with Crippen molar-refractivity contribution in [3.8, 4) is 33.8 Å². The fourth-order valence-electron chi connectivity index (χ4n) is 5.06. The minimum Gasteiger partial charge on any atom is -0.493 e. The first-order valence-electron chi connectivity index (χ1n) is 17.2. The Morgan fingerprint density at radius 2 is 0.852 bits per heavy atom. The molecule has 2 atom stereocenters. The molecule has 4 aromatic rings. The van der Waals surface area contributed by atoms with Crippen LogP contribution in [-0.4, -0.2) is 76.1 Å². The lowest BCUT2D eigenvalue weighted by Gasteiger charge is -2.30. The van der Waals surface area contributed by atoms with Gasteiger partial charge in [-0.25, -0.2) is 19.2 Å². The molecule has 1 aliphatic rings. The first-order chi connectivity index (χ1) is 26.3. The number of ether oxygens (including phenoxy) is 8. The highest BCUT2D eigenvalue weighted by molar-refractivity contribution is 5.91. The van der Waals surface area contributed by atoms with Crippen LogP contribution in [0.15, 0.2) is 122 Å². The number of rotatable bonds is 18. The van der Waals surface area contributed by atoms with Gasteiger partial charge in [0, 0.05) is 25.0 Å². The maximum absolute atomic E-state index is 13.0. The second-order valence-electron chi connectivity index (χ2n) is 11.6. The lowest BCUT2D eigenvalue weighted by atomic mass is 10.0. The zero-order valence-corrected chi connectivity index (χ0v) is 29.5. The van der Waals surface area contributed by atoms with Crippen molar-refractivity contribution in [3.63, 3.8) is 0 Å². The highest BCUT2D eigenvalue weighted by atomic mass is 16.8. The molecule has 0 amide bonds. The molecule has 1 heterocycles. The molecule has 54 heavy (non-hydrogen) atoms. The topological polar surface area (TPSA) is 142 Å². The van der Waals surface area contributed by atoms with Crippen LogP contribution in [0.4, 0.5) is 0 Å². The molecule has 1 aliphatic heterocycles. The lowest BCUT2D eigenvalue weighted by Crippen LogP contribution is -2.44. The normalized spacial score (nSPS) is 14.9. The fraction of sp³-hybridized carbons (Fsp3) is 0.238. The third-order valence-electron chi connectivity index (χ3n) is 7.87. The molecule has 1 fully saturated rings. The van der Waals surface area contributed by atoms with Gasteiger partial charge in [-0.2, -0.15) is 0 Å². The summed E-state index contributed by atoms with van der Waals surface area (Å²) in [5, 5.41) is 0. The second kappa shape index (κ2) is 20.1. The smallest absolute Gasteiger partial charge is 0.340 e. The Kier molecular flexibility index (Phi) is 14.5. The molecule has 0 unspecified atom stereocenters. The maximum atomic E-state index is 13.0. The van der Waals surface area contributed by atoms with Crippen LogP contribution in [0, 0.1) is 0 Å². The van der Waals surface area contributed by atoms with E-state index in [1.165, 1.54) is 0 Å². The monoisotopic (exact) mass is 736 g/mol. The van der Waals surface area contributed by atoms with Gasteiger partial charge in [-0.15, -0.1) is 0 Å². The van der Waals surface area contributed by atoms with Crippen molar-refractivity contribution in [3.05, 3.63) is 133 Å². The standard InChI is InChI=1S/C42H40O12/c1-3-37(43)49-25-5-23-47-35-19-15-31(16-20-35)29-7-11-33(12-8-29)39(45)53-41-42(52-28-27-51-41)54-40(46)34-13-9-30(10-14-34)32-17-21-36(22-18-32)48-24-6-26-50-38(44)4-2/h3-4,7-22,41-42H,1-2,5-6,23-28H2/t41-,42-/m0/s1. The van der Waals surface area contributed by atoms with Crippen molar-refractivity contribution in [2.24, 2.45) is 0 Å². The first kappa shape index (κ1) is 39.0. The van der Waals surface area contributed by atoms with Crippen LogP contribution in [0.2, 0.25) is 0 Å². The lowest BCUT2D eigenvalue weighted by molar-refractivity contribution is -0.288. The number of carbonyl (C=O) groups is 4. The zero-order valence-electron chi connectivity index (χ0n) is 29.5. The van der Waals surface area contributed by atoms with Crippen LogP contribution in [0.5, 0.6) is 11.5 Å². The molecule has 0 aromatic heterocycles. The molecule has 0 bridgehead atoms. The Morgan fingerprint density at radius 3 is 1.19 bits per heavy atom. The third-order valence-corrected chi connectivity index (χ3v) is 7.87. The number of hydrogen-bond acceptors (Lipinski definition) is 12. The molecule has 0 radical (unpaired) electrons. The van der Waals surface area contributed by atoms with Gasteiger partial charge in [-0.05, 0) is 70.8 Å². The van der Waals surface area contributed by atoms with E-state index in [1.807, 2.05) is 48.5 Å². The molecule has 12 heteroatoms. The molecule has 0 saturated carbocycles. The van der Waals surface area contributed by atoms with Gasteiger partial charge in [0.1, 0.15) is 11.5 Å². The van der Waals surface area contributed by atoms with Gasteiger partial charge in [-0.3, -0.25) is 0 Å². The number of hydrogen-bond donors (Lipinski definition) is 0. The van der Waals surface area contributed by atoms with E-state index >= 15 is 0 Å². The predicted octanol–water partition coefficient (Wildman–Crippen LogP) is 6.73. The Bertz CT molecular complexity index is 1730. The van der Waals surface area contributed by atoms with Crippen molar-refractivity contribution in [2.45, 2.75) is 25.4 Å². The Hall–Kier alpha value is -6.24. The van der Waals surface area contributed by atoms with E-state index in [1.54, 1.807) is 48.5 Å². The van der Waals surface area contributed by atoms with Crippen molar-refractivity contribution < 1.29 is 57.1 Å². The van der Waals surface area contributed by atoms with Crippen molar-refractivity contribution in [2.75, 3.05) is 39.6 Å². The highest BCUT2D eigenvalue weighted by Gasteiger charge is 2.34. The molecular weight excluding hydrogens is 696 g/mol. The molecule has 0 spiro atoms. The summed E-state index contributed by atoms with van der Waals surface area (Å²) in [7, 11) is 0. The summed E-state index contributed by atoms with van der Waals surface area (Å²) in [5.74, 6) is -0.931. The van der Waals surface area contributed by atoms with Gasteiger partial charge in [0.25, 0.3) is 12.6 Å². The molecular formula is C42H40O12. The summed E-state index contributed by atoms with van der Waals surface area (Å²) < 4.78 is 43.6. The number of esters is 4. The van der Waals surface area contributed by atoms with E-state index in [-0.39, 0.29) is 37.6 Å². The first-order valence-corrected chi connectivity index (χ1v) is 17.2. The van der Waals surface area contributed by atoms with Crippen LogP contribution in [0.3, 0.4) is 0 Å². The summed E-state index contributed by atoms with van der Waals surface area (Å²) in [6.45, 7) is 8.28. The SMILES string of the molecule is C=CC(=O)OCCCOc1ccc(-c2ccc(C(=O)O[C@@H]3OCCO[C@H]3OC(=O)c3ccc(-c4ccc(OCCCOC(=O)C=C)cc4)cc3)cc2)cc1. The van der Waals surface area contributed by atoms with Crippen LogP contribution in [0.1, 0.15) is 33.6 Å². The zero-order chi connectivity index (χ0) is 38.1. The largest absolute Gasteiger partial charge is 0.493 e. The number of carbonyl (C=O) groups excluding carboxylic acids is 4. The van der Waals surface area contributed by atoms with Gasteiger partial charge in [-0.1, -0.05) is 61.7 Å². The van der Waals surface area contributed by atoms with Crippen molar-refractivity contribution >= 4 is 23.9 Å². The molecule has 280 valence electrons.